The van der Waals surface area contributed by atoms with Gasteiger partial charge < -0.3 is 16.0 Å². The van der Waals surface area contributed by atoms with Gasteiger partial charge in [0.05, 0.1) is 12.5 Å². The smallest absolute Gasteiger partial charge is 0.237 e. The Balaban J connectivity index is 1.58. The van der Waals surface area contributed by atoms with E-state index in [4.69, 9.17) is 11.6 Å². The molecule has 0 spiro atoms. The number of anilines is 1. The van der Waals surface area contributed by atoms with Gasteiger partial charge in [0.15, 0.2) is 0 Å². The van der Waals surface area contributed by atoms with E-state index in [1.807, 2.05) is 19.1 Å². The summed E-state index contributed by atoms with van der Waals surface area (Å²) in [6.45, 7) is 1.91. The summed E-state index contributed by atoms with van der Waals surface area (Å²) in [5.41, 5.74) is 1.61. The third kappa shape index (κ3) is 3.85. The topological polar surface area (TPSA) is 70.2 Å². The number of fused-ring (bicyclic) bond motifs is 1. The fraction of sp³-hybridized carbons (Fsp3) is 0.529. The highest BCUT2D eigenvalue weighted by molar-refractivity contribution is 6.31. The van der Waals surface area contributed by atoms with Crippen LogP contribution in [0.3, 0.4) is 0 Å². The van der Waals surface area contributed by atoms with Gasteiger partial charge in [-0.3, -0.25) is 9.59 Å². The Morgan fingerprint density at radius 1 is 1.30 bits per heavy atom. The van der Waals surface area contributed by atoms with Gasteiger partial charge in [0, 0.05) is 22.8 Å². The summed E-state index contributed by atoms with van der Waals surface area (Å²) in [5.74, 6) is -0.267. The van der Waals surface area contributed by atoms with E-state index in [1.165, 1.54) is 6.42 Å². The van der Waals surface area contributed by atoms with Crippen molar-refractivity contribution in [2.24, 2.45) is 0 Å². The lowest BCUT2D eigenvalue weighted by atomic mass is 9.87. The van der Waals surface area contributed by atoms with E-state index < -0.39 is 6.04 Å². The molecular formula is C17H22ClN3O2. The van der Waals surface area contributed by atoms with E-state index >= 15 is 0 Å². The van der Waals surface area contributed by atoms with E-state index in [0.29, 0.717) is 10.7 Å². The predicted molar refractivity (Wildman–Crippen MR) is 90.5 cm³/mol. The maximum Gasteiger partial charge on any atom is 0.237 e. The molecule has 3 atom stereocenters. The number of hydrogen-bond acceptors (Lipinski definition) is 3. The zero-order valence-electron chi connectivity index (χ0n) is 13.2. The first kappa shape index (κ1) is 16.3. The van der Waals surface area contributed by atoms with Gasteiger partial charge in [0.2, 0.25) is 11.8 Å². The molecule has 1 aromatic carbocycles. The molecule has 0 radical (unpaired) electrons. The third-order valence-electron chi connectivity index (χ3n) is 4.67. The molecular weight excluding hydrogens is 314 g/mol. The number of benzene rings is 1. The second-order valence-corrected chi connectivity index (χ2v) is 6.85. The maximum absolute atomic E-state index is 12.2. The van der Waals surface area contributed by atoms with E-state index in [9.17, 15) is 9.59 Å². The van der Waals surface area contributed by atoms with Crippen molar-refractivity contribution < 1.29 is 9.59 Å². The van der Waals surface area contributed by atoms with Crippen molar-refractivity contribution in [3.8, 4) is 0 Å². The highest BCUT2D eigenvalue weighted by Gasteiger charge is 2.36. The predicted octanol–water partition coefficient (Wildman–Crippen LogP) is 2.38. The van der Waals surface area contributed by atoms with Crippen LogP contribution in [0.4, 0.5) is 5.69 Å². The Bertz CT molecular complexity index is 620. The van der Waals surface area contributed by atoms with Gasteiger partial charge in [-0.1, -0.05) is 30.5 Å². The molecule has 0 aromatic heterocycles. The average molecular weight is 336 g/mol. The molecule has 5 nitrogen and oxygen atoms in total. The number of amides is 2. The second kappa shape index (κ2) is 6.89. The Kier molecular flexibility index (Phi) is 4.87. The van der Waals surface area contributed by atoms with Crippen molar-refractivity contribution in [3.63, 3.8) is 0 Å². The van der Waals surface area contributed by atoms with Gasteiger partial charge in [-0.2, -0.15) is 0 Å². The third-order valence-corrected chi connectivity index (χ3v) is 5.08. The summed E-state index contributed by atoms with van der Waals surface area (Å²) in [6.07, 6.45) is 4.52. The van der Waals surface area contributed by atoms with Crippen LogP contribution in [-0.4, -0.2) is 29.9 Å². The fourth-order valence-corrected chi connectivity index (χ4v) is 3.52. The number of rotatable bonds is 3. The minimum Gasteiger partial charge on any atom is -0.350 e. The largest absolute Gasteiger partial charge is 0.350 e. The monoisotopic (exact) mass is 335 g/mol. The summed E-state index contributed by atoms with van der Waals surface area (Å²) in [6, 6.07) is 5.43. The van der Waals surface area contributed by atoms with Crippen LogP contribution in [-0.2, 0) is 9.59 Å². The molecule has 1 aromatic rings. The molecule has 3 rings (SSSR count). The zero-order chi connectivity index (χ0) is 16.4. The number of nitrogens with one attached hydrogen (secondary N) is 3. The molecule has 0 bridgehead atoms. The number of carbonyl (C=O) groups is 2. The Morgan fingerprint density at radius 2 is 2.04 bits per heavy atom. The summed E-state index contributed by atoms with van der Waals surface area (Å²) in [5, 5.41) is 9.81. The molecule has 1 heterocycles. The molecule has 1 aliphatic heterocycles. The van der Waals surface area contributed by atoms with Gasteiger partial charge in [-0.25, -0.2) is 0 Å². The second-order valence-electron chi connectivity index (χ2n) is 6.44. The van der Waals surface area contributed by atoms with Crippen molar-refractivity contribution in [2.45, 2.75) is 57.2 Å². The Morgan fingerprint density at radius 3 is 2.78 bits per heavy atom. The van der Waals surface area contributed by atoms with Crippen LogP contribution in [0.2, 0.25) is 5.02 Å². The van der Waals surface area contributed by atoms with Crippen molar-refractivity contribution in [3.05, 3.63) is 28.8 Å². The van der Waals surface area contributed by atoms with Crippen molar-refractivity contribution in [1.29, 1.82) is 0 Å². The molecule has 3 N–H and O–H groups in total. The number of aryl methyl sites for hydroxylation is 1. The zero-order valence-corrected chi connectivity index (χ0v) is 14.0. The van der Waals surface area contributed by atoms with E-state index in [0.717, 1.165) is 24.8 Å². The number of halogens is 1. The first-order chi connectivity index (χ1) is 11.0. The van der Waals surface area contributed by atoms with Crippen LogP contribution in [0, 0.1) is 6.92 Å². The van der Waals surface area contributed by atoms with Gasteiger partial charge in [0.1, 0.15) is 0 Å². The summed E-state index contributed by atoms with van der Waals surface area (Å²) in [4.78, 5) is 24.4. The van der Waals surface area contributed by atoms with Crippen molar-refractivity contribution in [2.75, 3.05) is 5.32 Å². The standard InChI is InChI=1S/C17H22ClN3O2/c1-10-6-7-11(8-12(10)18)19-16(22)9-15-17(23)21-14-5-3-2-4-13(14)20-15/h6-8,13-15,20H,2-5,9H2,1H3,(H,19,22)(H,21,23). The molecule has 2 aliphatic rings. The van der Waals surface area contributed by atoms with Gasteiger partial charge in [-0.05, 0) is 37.5 Å². The van der Waals surface area contributed by atoms with Gasteiger partial charge >= 0.3 is 0 Å². The quantitative estimate of drug-likeness (QED) is 0.794. The molecule has 1 aliphatic carbocycles. The van der Waals surface area contributed by atoms with Crippen molar-refractivity contribution >= 4 is 29.1 Å². The highest BCUT2D eigenvalue weighted by Crippen LogP contribution is 2.23. The van der Waals surface area contributed by atoms with Crippen LogP contribution in [0.25, 0.3) is 0 Å². The van der Waals surface area contributed by atoms with Crippen LogP contribution in [0.15, 0.2) is 18.2 Å². The molecule has 1 saturated carbocycles. The minimum atomic E-state index is -0.463. The molecule has 2 fully saturated rings. The van der Waals surface area contributed by atoms with Crippen molar-refractivity contribution in [1.82, 2.24) is 10.6 Å². The normalized spacial score (nSPS) is 27.0. The highest BCUT2D eigenvalue weighted by atomic mass is 35.5. The average Bonchev–Trinajstić information content (AvgIpc) is 2.51. The summed E-state index contributed by atoms with van der Waals surface area (Å²) >= 11 is 6.06. The number of carbonyl (C=O) groups excluding carboxylic acids is 2. The lowest BCUT2D eigenvalue weighted by Gasteiger charge is -2.40. The van der Waals surface area contributed by atoms with Gasteiger partial charge in [-0.15, -0.1) is 0 Å². The summed E-state index contributed by atoms with van der Waals surface area (Å²) < 4.78 is 0. The molecule has 6 heteroatoms. The molecule has 1 saturated heterocycles. The van der Waals surface area contributed by atoms with Crippen LogP contribution in [0.1, 0.15) is 37.7 Å². The number of hydrogen-bond donors (Lipinski definition) is 3. The first-order valence-corrected chi connectivity index (χ1v) is 8.53. The molecule has 23 heavy (non-hydrogen) atoms. The van der Waals surface area contributed by atoms with Crippen LogP contribution in [0.5, 0.6) is 0 Å². The molecule has 3 unspecified atom stereocenters. The number of piperazine rings is 1. The summed E-state index contributed by atoms with van der Waals surface area (Å²) in [7, 11) is 0. The van der Waals surface area contributed by atoms with Gasteiger partial charge in [0.25, 0.3) is 0 Å². The Labute approximate surface area is 141 Å². The van der Waals surface area contributed by atoms with E-state index in [-0.39, 0.29) is 30.3 Å². The lowest BCUT2D eigenvalue weighted by molar-refractivity contribution is -0.129. The SMILES string of the molecule is Cc1ccc(NC(=O)CC2NC3CCCCC3NC2=O)cc1Cl. The van der Waals surface area contributed by atoms with E-state index in [1.54, 1.807) is 6.07 Å². The fourth-order valence-electron chi connectivity index (χ4n) is 3.34. The lowest BCUT2D eigenvalue weighted by Crippen LogP contribution is -2.65. The van der Waals surface area contributed by atoms with Crippen LogP contribution >= 0.6 is 11.6 Å². The van der Waals surface area contributed by atoms with E-state index in [2.05, 4.69) is 16.0 Å². The Hall–Kier alpha value is -1.59. The minimum absolute atomic E-state index is 0.0785. The molecule has 124 valence electrons. The maximum atomic E-state index is 12.2. The molecule has 2 amide bonds. The first-order valence-electron chi connectivity index (χ1n) is 8.15. The van der Waals surface area contributed by atoms with Crippen LogP contribution < -0.4 is 16.0 Å².